The summed E-state index contributed by atoms with van der Waals surface area (Å²) >= 11 is 6.39. The molecule has 10 nitrogen and oxygen atoms in total. The van der Waals surface area contributed by atoms with Crippen LogP contribution in [0.3, 0.4) is 0 Å². The van der Waals surface area contributed by atoms with Gasteiger partial charge in [0, 0.05) is 23.7 Å². The minimum Gasteiger partial charge on any atom is -0.478 e. The molecule has 0 radical (unpaired) electrons. The average Bonchev–Trinajstić information content (AvgIpc) is 3.60. The Morgan fingerprint density at radius 3 is 2.51 bits per heavy atom. The fourth-order valence-electron chi connectivity index (χ4n) is 4.62. The van der Waals surface area contributed by atoms with Gasteiger partial charge in [0.25, 0.3) is 5.91 Å². The van der Waals surface area contributed by atoms with Gasteiger partial charge < -0.3 is 25.2 Å². The Kier molecular flexibility index (Phi) is 9.35. The molecule has 2 atom stereocenters. The summed E-state index contributed by atoms with van der Waals surface area (Å²) in [5.41, 5.74) is 2.35. The number of aromatic nitrogens is 2. The number of carboxylic acids is 1. The summed E-state index contributed by atoms with van der Waals surface area (Å²) in [5, 5.41) is 19.5. The summed E-state index contributed by atoms with van der Waals surface area (Å²) < 4.78 is 13.0. The zero-order valence-electron chi connectivity index (χ0n) is 23.6. The number of carbonyl (C=O) groups excluding carboxylic acids is 2. The lowest BCUT2D eigenvalue weighted by atomic mass is 9.92. The van der Waals surface area contributed by atoms with Gasteiger partial charge in [-0.25, -0.2) is 4.79 Å². The lowest BCUT2D eigenvalue weighted by Gasteiger charge is -2.22. The highest BCUT2D eigenvalue weighted by Gasteiger charge is 2.52. The summed E-state index contributed by atoms with van der Waals surface area (Å²) in [6, 6.07) is 9.60. The number of halogens is 1. The normalized spacial score (nSPS) is 15.0. The van der Waals surface area contributed by atoms with Gasteiger partial charge in [0.1, 0.15) is 12.5 Å². The summed E-state index contributed by atoms with van der Waals surface area (Å²) in [6.45, 7) is 8.00. The number of nitrogens with one attached hydrogen (secondary N) is 2. The molecule has 218 valence electrons. The van der Waals surface area contributed by atoms with Crippen molar-refractivity contribution < 1.29 is 29.0 Å². The molecule has 1 saturated carbocycles. The van der Waals surface area contributed by atoms with E-state index in [0.717, 1.165) is 27.8 Å². The van der Waals surface area contributed by atoms with Crippen molar-refractivity contribution in [3.8, 4) is 5.75 Å². The average molecular weight is 583 g/mol. The van der Waals surface area contributed by atoms with Crippen molar-refractivity contribution in [1.29, 1.82) is 0 Å². The van der Waals surface area contributed by atoms with Crippen LogP contribution in [0.2, 0.25) is 5.02 Å². The van der Waals surface area contributed by atoms with Crippen LogP contribution in [0.5, 0.6) is 5.75 Å². The molecule has 1 aliphatic carbocycles. The molecular formula is C30H35ClN4O6. The summed E-state index contributed by atoms with van der Waals surface area (Å²) in [4.78, 5) is 38.4. The van der Waals surface area contributed by atoms with Gasteiger partial charge in [-0.05, 0) is 62.9 Å². The number of ether oxygens (including phenoxy) is 2. The van der Waals surface area contributed by atoms with Crippen LogP contribution < -0.4 is 15.4 Å². The Hall–Kier alpha value is -3.89. The number of nitrogens with zero attached hydrogens (tertiary/aromatic N) is 2. The van der Waals surface area contributed by atoms with Crippen molar-refractivity contribution in [2.45, 2.75) is 65.7 Å². The molecule has 4 rings (SSSR count). The largest absolute Gasteiger partial charge is 0.478 e. The number of anilines is 2. The number of hydrogen-bond donors (Lipinski definition) is 3. The number of Topliss-reactive ketones (excluding diaryl/α,β-unsaturated/α-hetero) is 1. The number of aromatic carboxylic acids is 1. The second-order valence-electron chi connectivity index (χ2n) is 10.3. The first kappa shape index (κ1) is 30.1. The van der Waals surface area contributed by atoms with E-state index in [-0.39, 0.29) is 28.8 Å². The number of amides is 1. The van der Waals surface area contributed by atoms with Crippen LogP contribution in [-0.2, 0) is 14.3 Å². The molecule has 0 aliphatic heterocycles. The maximum atomic E-state index is 13.5. The number of ketones is 1. The van der Waals surface area contributed by atoms with Gasteiger partial charge in [-0.2, -0.15) is 5.10 Å². The number of hydrogen-bond acceptors (Lipinski definition) is 7. The van der Waals surface area contributed by atoms with Crippen molar-refractivity contribution in [2.24, 2.45) is 5.41 Å². The van der Waals surface area contributed by atoms with E-state index in [1.54, 1.807) is 18.2 Å². The van der Waals surface area contributed by atoms with Crippen molar-refractivity contribution in [3.63, 3.8) is 0 Å². The molecule has 11 heteroatoms. The van der Waals surface area contributed by atoms with Crippen LogP contribution in [-0.4, -0.2) is 45.6 Å². The molecule has 1 fully saturated rings. The van der Waals surface area contributed by atoms with E-state index < -0.39 is 29.6 Å². The van der Waals surface area contributed by atoms with Gasteiger partial charge in [0.2, 0.25) is 6.29 Å². The van der Waals surface area contributed by atoms with E-state index >= 15 is 0 Å². The Labute approximate surface area is 244 Å². The van der Waals surface area contributed by atoms with E-state index in [1.165, 1.54) is 6.20 Å². The van der Waals surface area contributed by atoms with E-state index in [0.29, 0.717) is 31.4 Å². The molecule has 1 amide bonds. The van der Waals surface area contributed by atoms with Crippen molar-refractivity contribution in [3.05, 3.63) is 70.5 Å². The SMILES string of the molecule is CCC(OCNc1ccc(Cl)c(NC(=O)C(C(=O)C2(CC)CC2)n2cc(C(=O)O)cn2)c1)Oc1ccc(C)cc1C. The first-order valence-electron chi connectivity index (χ1n) is 13.6. The van der Waals surface area contributed by atoms with Gasteiger partial charge >= 0.3 is 5.97 Å². The minimum absolute atomic E-state index is 0.118. The fraction of sp³-hybridized carbons (Fsp3) is 0.400. The third kappa shape index (κ3) is 7.07. The Morgan fingerprint density at radius 1 is 1.15 bits per heavy atom. The van der Waals surface area contributed by atoms with Gasteiger partial charge in [-0.3, -0.25) is 14.3 Å². The lowest BCUT2D eigenvalue weighted by Crippen LogP contribution is -2.37. The molecular weight excluding hydrogens is 548 g/mol. The topological polar surface area (TPSA) is 132 Å². The highest BCUT2D eigenvalue weighted by Crippen LogP contribution is 2.51. The van der Waals surface area contributed by atoms with Crippen LogP contribution in [0.25, 0.3) is 0 Å². The molecule has 0 spiro atoms. The first-order chi connectivity index (χ1) is 19.6. The monoisotopic (exact) mass is 582 g/mol. The van der Waals surface area contributed by atoms with E-state index in [9.17, 15) is 19.5 Å². The van der Waals surface area contributed by atoms with Crippen molar-refractivity contribution in [2.75, 3.05) is 17.4 Å². The first-order valence-corrected chi connectivity index (χ1v) is 14.0. The van der Waals surface area contributed by atoms with E-state index in [4.69, 9.17) is 21.1 Å². The zero-order valence-corrected chi connectivity index (χ0v) is 24.3. The van der Waals surface area contributed by atoms with Gasteiger partial charge in [0.05, 0.1) is 22.5 Å². The maximum Gasteiger partial charge on any atom is 0.338 e. The predicted molar refractivity (Wildman–Crippen MR) is 155 cm³/mol. The summed E-state index contributed by atoms with van der Waals surface area (Å²) in [7, 11) is 0. The Bertz CT molecular complexity index is 1430. The highest BCUT2D eigenvalue weighted by atomic mass is 35.5. The zero-order chi connectivity index (χ0) is 29.7. The maximum absolute atomic E-state index is 13.5. The van der Waals surface area contributed by atoms with Crippen LogP contribution in [0.15, 0.2) is 48.8 Å². The highest BCUT2D eigenvalue weighted by molar-refractivity contribution is 6.34. The third-order valence-corrected chi connectivity index (χ3v) is 7.68. The quantitative estimate of drug-likeness (QED) is 0.156. The lowest BCUT2D eigenvalue weighted by molar-refractivity contribution is -0.134. The molecule has 2 aromatic carbocycles. The van der Waals surface area contributed by atoms with Gasteiger partial charge in [-0.1, -0.05) is 43.1 Å². The van der Waals surface area contributed by atoms with Crippen LogP contribution in [0, 0.1) is 19.3 Å². The molecule has 1 heterocycles. The third-order valence-electron chi connectivity index (χ3n) is 7.35. The molecule has 2 unspecified atom stereocenters. The van der Waals surface area contributed by atoms with Crippen molar-refractivity contribution in [1.82, 2.24) is 9.78 Å². The number of carbonyl (C=O) groups is 3. The molecule has 1 aliphatic rings. The Balaban J connectivity index is 1.44. The molecule has 1 aromatic heterocycles. The van der Waals surface area contributed by atoms with Gasteiger partial charge in [-0.15, -0.1) is 0 Å². The smallest absolute Gasteiger partial charge is 0.338 e. The van der Waals surface area contributed by atoms with E-state index in [1.807, 2.05) is 45.9 Å². The number of carboxylic acid groups (broad SMARTS) is 1. The molecule has 3 N–H and O–H groups in total. The van der Waals surface area contributed by atoms with Gasteiger partial charge in [0.15, 0.2) is 11.8 Å². The van der Waals surface area contributed by atoms with E-state index in [2.05, 4.69) is 15.7 Å². The van der Waals surface area contributed by atoms with Crippen molar-refractivity contribution >= 4 is 40.6 Å². The Morgan fingerprint density at radius 2 is 1.90 bits per heavy atom. The molecule has 3 aromatic rings. The number of benzene rings is 2. The fourth-order valence-corrected chi connectivity index (χ4v) is 4.79. The standard InChI is InChI=1S/C30H35ClN4O6/c1-5-25(41-24-10-7-18(3)13-19(24)4)40-17-32-21-8-9-22(31)23(14-21)34-28(37)26(27(36)30(6-2)11-12-30)35-16-20(15-33-35)29(38)39/h7-10,13-16,25-26,32H,5-6,11-12,17H2,1-4H3,(H,34,37)(H,38,39). The summed E-state index contributed by atoms with van der Waals surface area (Å²) in [6.07, 6.45) is 4.39. The second-order valence-corrected chi connectivity index (χ2v) is 10.7. The molecule has 0 saturated heterocycles. The van der Waals surface area contributed by atoms with Crippen LogP contribution >= 0.6 is 11.6 Å². The summed E-state index contributed by atoms with van der Waals surface area (Å²) in [5.74, 6) is -1.40. The minimum atomic E-state index is -1.34. The second kappa shape index (κ2) is 12.7. The molecule has 0 bridgehead atoms. The van der Waals surface area contributed by atoms with Crippen LogP contribution in [0.1, 0.15) is 67.1 Å². The number of rotatable bonds is 14. The predicted octanol–water partition coefficient (Wildman–Crippen LogP) is 5.99. The molecule has 41 heavy (non-hydrogen) atoms. The number of aryl methyl sites for hydroxylation is 2. The van der Waals surface area contributed by atoms with Crippen LogP contribution in [0.4, 0.5) is 11.4 Å².